The Kier molecular flexibility index (Phi) is 3.91. The summed E-state index contributed by atoms with van der Waals surface area (Å²) in [5, 5.41) is 4.23. The lowest BCUT2D eigenvalue weighted by Crippen LogP contribution is -2.42. The Morgan fingerprint density at radius 1 is 1.36 bits per heavy atom. The van der Waals surface area contributed by atoms with Gasteiger partial charge in [-0.25, -0.2) is 4.79 Å². The van der Waals surface area contributed by atoms with Crippen molar-refractivity contribution in [2.75, 3.05) is 6.54 Å². The fourth-order valence-corrected chi connectivity index (χ4v) is 3.64. The molecule has 1 saturated heterocycles. The van der Waals surface area contributed by atoms with E-state index in [0.29, 0.717) is 24.2 Å². The molecule has 3 aromatic rings. The Hall–Kier alpha value is -2.83. The molecule has 2 aromatic heterocycles. The molecule has 0 saturated carbocycles. The van der Waals surface area contributed by atoms with Gasteiger partial charge in [0, 0.05) is 18.9 Å². The molecule has 1 aliphatic heterocycles. The van der Waals surface area contributed by atoms with Crippen molar-refractivity contribution in [1.29, 1.82) is 0 Å². The fraction of sp³-hybridized carbons (Fsp3) is 0.389. The molecule has 1 amide bonds. The topological polar surface area (TPSA) is 73.3 Å². The molecule has 0 radical (unpaired) electrons. The van der Waals surface area contributed by atoms with E-state index in [4.69, 9.17) is 4.42 Å². The van der Waals surface area contributed by atoms with Gasteiger partial charge in [-0.1, -0.05) is 12.1 Å². The molecular formula is C18H20N4O3. The molecule has 2 atom stereocenters. The van der Waals surface area contributed by atoms with Crippen LogP contribution in [0.4, 0.5) is 0 Å². The fourth-order valence-electron chi connectivity index (χ4n) is 3.64. The maximum Gasteiger partial charge on any atom is 0.420 e. The van der Waals surface area contributed by atoms with E-state index in [1.165, 1.54) is 4.57 Å². The number of likely N-dealkylation sites (tertiary alicyclic amines) is 1. The van der Waals surface area contributed by atoms with Crippen LogP contribution in [0.5, 0.6) is 0 Å². The first-order chi connectivity index (χ1) is 12.1. The molecule has 1 aliphatic rings. The molecule has 7 heteroatoms. The van der Waals surface area contributed by atoms with E-state index in [1.54, 1.807) is 25.3 Å². The van der Waals surface area contributed by atoms with Crippen LogP contribution in [0.2, 0.25) is 0 Å². The Bertz CT molecular complexity index is 941. The minimum Gasteiger partial charge on any atom is -0.408 e. The third-order valence-corrected chi connectivity index (χ3v) is 4.88. The lowest BCUT2D eigenvalue weighted by molar-refractivity contribution is -0.135. The first-order valence-electron chi connectivity index (χ1n) is 8.53. The van der Waals surface area contributed by atoms with Crippen LogP contribution in [-0.4, -0.2) is 37.7 Å². The lowest BCUT2D eigenvalue weighted by atomic mass is 10.2. The van der Waals surface area contributed by atoms with E-state index >= 15 is 0 Å². The molecule has 0 unspecified atom stereocenters. The number of benzene rings is 1. The summed E-state index contributed by atoms with van der Waals surface area (Å²) in [5.74, 6) is -0.548. The number of fused-ring (bicyclic) bond motifs is 1. The maximum absolute atomic E-state index is 13.1. The largest absolute Gasteiger partial charge is 0.420 e. The zero-order chi connectivity index (χ0) is 17.4. The maximum atomic E-state index is 13.1. The quantitative estimate of drug-likeness (QED) is 0.728. The Morgan fingerprint density at radius 2 is 2.20 bits per heavy atom. The SMILES string of the molecule is C[C@H](C(=O)N1CCC[C@H]1Cn1cccn1)n1c(=O)oc2ccccc21. The van der Waals surface area contributed by atoms with E-state index in [2.05, 4.69) is 5.10 Å². The highest BCUT2D eigenvalue weighted by molar-refractivity contribution is 5.83. The number of aromatic nitrogens is 3. The van der Waals surface area contributed by atoms with Crippen LogP contribution in [0.25, 0.3) is 11.1 Å². The van der Waals surface area contributed by atoms with Crippen molar-refractivity contribution >= 4 is 17.0 Å². The predicted octanol–water partition coefficient (Wildman–Crippen LogP) is 2.04. The summed E-state index contributed by atoms with van der Waals surface area (Å²) in [4.78, 5) is 27.2. The monoisotopic (exact) mass is 340 g/mol. The highest BCUT2D eigenvalue weighted by Crippen LogP contribution is 2.24. The van der Waals surface area contributed by atoms with Crippen molar-refractivity contribution in [2.45, 2.75) is 38.4 Å². The van der Waals surface area contributed by atoms with Crippen LogP contribution in [-0.2, 0) is 11.3 Å². The van der Waals surface area contributed by atoms with E-state index in [1.807, 2.05) is 34.0 Å². The van der Waals surface area contributed by atoms with Crippen molar-refractivity contribution in [3.8, 4) is 0 Å². The summed E-state index contributed by atoms with van der Waals surface area (Å²) in [6.07, 6.45) is 5.55. The number of carbonyl (C=O) groups is 1. The normalized spacial score (nSPS) is 18.8. The van der Waals surface area contributed by atoms with Gasteiger partial charge in [0.05, 0.1) is 18.1 Å². The number of rotatable bonds is 4. The second-order valence-electron chi connectivity index (χ2n) is 6.44. The zero-order valence-corrected chi connectivity index (χ0v) is 14.0. The molecule has 0 N–H and O–H groups in total. The van der Waals surface area contributed by atoms with Gasteiger partial charge in [0.25, 0.3) is 0 Å². The van der Waals surface area contributed by atoms with E-state index < -0.39 is 11.8 Å². The van der Waals surface area contributed by atoms with Gasteiger partial charge in [-0.05, 0) is 38.0 Å². The average molecular weight is 340 g/mol. The highest BCUT2D eigenvalue weighted by atomic mass is 16.4. The summed E-state index contributed by atoms with van der Waals surface area (Å²) >= 11 is 0. The molecule has 130 valence electrons. The van der Waals surface area contributed by atoms with Crippen molar-refractivity contribution in [2.24, 2.45) is 0 Å². The summed E-state index contributed by atoms with van der Waals surface area (Å²) < 4.78 is 8.56. The number of para-hydroxylation sites is 2. The van der Waals surface area contributed by atoms with E-state index in [-0.39, 0.29) is 11.9 Å². The van der Waals surface area contributed by atoms with Gasteiger partial charge in [-0.15, -0.1) is 0 Å². The van der Waals surface area contributed by atoms with Gasteiger partial charge in [-0.2, -0.15) is 5.10 Å². The number of oxazole rings is 1. The van der Waals surface area contributed by atoms with Crippen molar-refractivity contribution in [3.05, 3.63) is 53.3 Å². The van der Waals surface area contributed by atoms with Crippen LogP contribution in [0, 0.1) is 0 Å². The lowest BCUT2D eigenvalue weighted by Gasteiger charge is -2.27. The average Bonchev–Trinajstić information content (AvgIpc) is 3.33. The molecule has 0 bridgehead atoms. The van der Waals surface area contributed by atoms with E-state index in [9.17, 15) is 9.59 Å². The molecule has 25 heavy (non-hydrogen) atoms. The summed E-state index contributed by atoms with van der Waals surface area (Å²) in [7, 11) is 0. The first kappa shape index (κ1) is 15.7. The molecular weight excluding hydrogens is 320 g/mol. The standard InChI is InChI=1S/C18H20N4O3/c1-13(22-15-7-2-3-8-16(15)25-18(22)24)17(23)21-11-4-6-14(21)12-20-10-5-9-19-20/h2-3,5,7-10,13-14H,4,6,11-12H2,1H3/t13-,14+/m1/s1. The molecule has 0 spiro atoms. The molecule has 4 rings (SSSR count). The molecule has 1 fully saturated rings. The summed E-state index contributed by atoms with van der Waals surface area (Å²) in [6.45, 7) is 3.14. The van der Waals surface area contributed by atoms with Crippen LogP contribution in [0.1, 0.15) is 25.8 Å². The van der Waals surface area contributed by atoms with Crippen molar-refractivity contribution < 1.29 is 9.21 Å². The van der Waals surface area contributed by atoms with Gasteiger partial charge >= 0.3 is 5.76 Å². The minimum atomic E-state index is -0.602. The molecule has 7 nitrogen and oxygen atoms in total. The van der Waals surface area contributed by atoms with Gasteiger partial charge in [0.15, 0.2) is 5.58 Å². The van der Waals surface area contributed by atoms with Crippen molar-refractivity contribution in [3.63, 3.8) is 0 Å². The summed E-state index contributed by atoms with van der Waals surface area (Å²) in [5.41, 5.74) is 1.15. The third kappa shape index (κ3) is 2.75. The number of carbonyl (C=O) groups excluding carboxylic acids is 1. The summed E-state index contributed by atoms with van der Waals surface area (Å²) in [6, 6.07) is 8.55. The molecule has 1 aromatic carbocycles. The van der Waals surface area contributed by atoms with Crippen LogP contribution >= 0.6 is 0 Å². The third-order valence-electron chi connectivity index (χ3n) is 4.88. The van der Waals surface area contributed by atoms with Crippen LogP contribution in [0.15, 0.2) is 51.9 Å². The Balaban J connectivity index is 1.61. The second kappa shape index (κ2) is 6.23. The van der Waals surface area contributed by atoms with Gasteiger partial charge < -0.3 is 9.32 Å². The molecule has 0 aliphatic carbocycles. The first-order valence-corrected chi connectivity index (χ1v) is 8.53. The Labute approximate surface area is 144 Å². The van der Waals surface area contributed by atoms with Crippen LogP contribution < -0.4 is 5.76 Å². The number of amides is 1. The van der Waals surface area contributed by atoms with Gasteiger partial charge in [0.2, 0.25) is 5.91 Å². The van der Waals surface area contributed by atoms with Gasteiger partial charge in [0.1, 0.15) is 6.04 Å². The second-order valence-corrected chi connectivity index (χ2v) is 6.44. The smallest absolute Gasteiger partial charge is 0.408 e. The minimum absolute atomic E-state index is 0.0525. The highest BCUT2D eigenvalue weighted by Gasteiger charge is 2.33. The molecule has 3 heterocycles. The van der Waals surface area contributed by atoms with Gasteiger partial charge in [-0.3, -0.25) is 14.0 Å². The number of hydrogen-bond donors (Lipinski definition) is 0. The Morgan fingerprint density at radius 3 is 3.00 bits per heavy atom. The van der Waals surface area contributed by atoms with Crippen LogP contribution in [0.3, 0.4) is 0 Å². The number of hydrogen-bond acceptors (Lipinski definition) is 4. The number of nitrogens with zero attached hydrogens (tertiary/aromatic N) is 4. The van der Waals surface area contributed by atoms with E-state index in [0.717, 1.165) is 12.8 Å². The van der Waals surface area contributed by atoms with Crippen molar-refractivity contribution in [1.82, 2.24) is 19.2 Å². The predicted molar refractivity (Wildman–Crippen MR) is 92.1 cm³/mol. The zero-order valence-electron chi connectivity index (χ0n) is 14.0.